The largest absolute Gasteiger partial charge is 0.507 e. The zero-order valence-electron chi connectivity index (χ0n) is 14.3. The molecule has 27 heavy (non-hydrogen) atoms. The number of phenolic OH excluding ortho intramolecular Hbond substituents is 1. The third-order valence-corrected chi connectivity index (χ3v) is 5.50. The topological polar surface area (TPSA) is 98.7 Å². The molecule has 2 aromatic rings. The summed E-state index contributed by atoms with van der Waals surface area (Å²) in [5, 5.41) is 12.0. The number of nitrogens with one attached hydrogen (secondary N) is 2. The summed E-state index contributed by atoms with van der Waals surface area (Å²) in [4.78, 5) is 39.2. The van der Waals surface area contributed by atoms with Gasteiger partial charge in [-0.2, -0.15) is 0 Å². The fourth-order valence-corrected chi connectivity index (χ4v) is 3.85. The Morgan fingerprint density at radius 1 is 1.19 bits per heavy atom. The number of hydrogen-bond acceptors (Lipinski definition) is 5. The molecule has 9 heteroatoms. The summed E-state index contributed by atoms with van der Waals surface area (Å²) in [6, 6.07) is 6.04. The van der Waals surface area contributed by atoms with Gasteiger partial charge in [0.15, 0.2) is 0 Å². The molecule has 142 valence electrons. The maximum absolute atomic E-state index is 12.3. The molecule has 0 unspecified atom stereocenters. The molecule has 3 rings (SSSR count). The van der Waals surface area contributed by atoms with Gasteiger partial charge in [-0.15, -0.1) is 11.3 Å². The second-order valence-electron chi connectivity index (χ2n) is 6.10. The molecule has 1 aromatic heterocycles. The molecule has 0 radical (unpaired) electrons. The number of phenols is 1. The predicted octanol–water partition coefficient (Wildman–Crippen LogP) is 2.23. The molecular formula is C18H18ClN3O4S. The van der Waals surface area contributed by atoms with E-state index in [1.807, 2.05) is 11.4 Å². The van der Waals surface area contributed by atoms with Gasteiger partial charge < -0.3 is 10.0 Å². The molecule has 1 aromatic carbocycles. The molecule has 0 fully saturated rings. The summed E-state index contributed by atoms with van der Waals surface area (Å²) in [7, 11) is 0. The van der Waals surface area contributed by atoms with Gasteiger partial charge in [0.1, 0.15) is 5.75 Å². The first-order valence-electron chi connectivity index (χ1n) is 8.35. The van der Waals surface area contributed by atoms with E-state index in [0.717, 1.165) is 12.0 Å². The first-order chi connectivity index (χ1) is 12.9. The Labute approximate surface area is 164 Å². The SMILES string of the molecule is O=C(CCC(=O)N1CCc2sccc2C1)NNC(=O)c1cc(Cl)ccc1O. The lowest BCUT2D eigenvalue weighted by molar-refractivity contribution is -0.134. The number of amides is 3. The van der Waals surface area contributed by atoms with Crippen LogP contribution in [0.1, 0.15) is 33.6 Å². The standard InChI is InChI=1S/C18H18ClN3O4S/c19-12-1-2-14(23)13(9-12)18(26)21-20-16(24)3-4-17(25)22-7-5-15-11(10-22)6-8-27-15/h1-2,6,8-9,23H,3-5,7,10H2,(H,20,24)(H,21,26). The highest BCUT2D eigenvalue weighted by Crippen LogP contribution is 2.24. The molecule has 0 aliphatic carbocycles. The smallest absolute Gasteiger partial charge is 0.273 e. The van der Waals surface area contributed by atoms with Crippen molar-refractivity contribution < 1.29 is 19.5 Å². The number of carbonyl (C=O) groups excluding carboxylic acids is 3. The van der Waals surface area contributed by atoms with Crippen molar-refractivity contribution >= 4 is 40.7 Å². The van der Waals surface area contributed by atoms with Crippen LogP contribution in [0.5, 0.6) is 5.75 Å². The summed E-state index contributed by atoms with van der Waals surface area (Å²) in [5.41, 5.74) is 5.54. The van der Waals surface area contributed by atoms with Crippen molar-refractivity contribution in [3.8, 4) is 5.75 Å². The Bertz CT molecular complexity index is 883. The molecule has 0 bridgehead atoms. The average Bonchev–Trinajstić information content (AvgIpc) is 3.13. The highest BCUT2D eigenvalue weighted by Gasteiger charge is 2.22. The van der Waals surface area contributed by atoms with Crippen LogP contribution in [0.4, 0.5) is 0 Å². The Morgan fingerprint density at radius 2 is 2.00 bits per heavy atom. The summed E-state index contributed by atoms with van der Waals surface area (Å²) in [5.74, 6) is -1.54. The molecular weight excluding hydrogens is 390 g/mol. The molecule has 0 saturated carbocycles. The first kappa shape index (κ1) is 19.2. The number of halogens is 1. The van der Waals surface area contributed by atoms with Gasteiger partial charge in [0.2, 0.25) is 11.8 Å². The summed E-state index contributed by atoms with van der Waals surface area (Å²) < 4.78 is 0. The fraction of sp³-hybridized carbons (Fsp3) is 0.278. The number of benzene rings is 1. The van der Waals surface area contributed by atoms with Crippen LogP contribution in [0.2, 0.25) is 5.02 Å². The van der Waals surface area contributed by atoms with Crippen LogP contribution in [0.25, 0.3) is 0 Å². The maximum atomic E-state index is 12.3. The van der Waals surface area contributed by atoms with E-state index in [1.165, 1.54) is 23.1 Å². The number of aromatic hydroxyl groups is 1. The van der Waals surface area contributed by atoms with Gasteiger partial charge in [0, 0.05) is 35.8 Å². The van der Waals surface area contributed by atoms with E-state index in [4.69, 9.17) is 11.6 Å². The van der Waals surface area contributed by atoms with Crippen molar-refractivity contribution in [1.82, 2.24) is 15.8 Å². The Morgan fingerprint density at radius 3 is 2.81 bits per heavy atom. The predicted molar refractivity (Wildman–Crippen MR) is 101 cm³/mol. The van der Waals surface area contributed by atoms with Crippen LogP contribution >= 0.6 is 22.9 Å². The number of nitrogens with zero attached hydrogens (tertiary/aromatic N) is 1. The van der Waals surface area contributed by atoms with Crippen LogP contribution in [0.3, 0.4) is 0 Å². The highest BCUT2D eigenvalue weighted by atomic mass is 35.5. The van der Waals surface area contributed by atoms with Crippen LogP contribution in [-0.4, -0.2) is 34.3 Å². The summed E-state index contributed by atoms with van der Waals surface area (Å²) >= 11 is 7.48. The van der Waals surface area contributed by atoms with Crippen molar-refractivity contribution in [2.45, 2.75) is 25.8 Å². The molecule has 0 saturated heterocycles. The average molecular weight is 408 g/mol. The minimum absolute atomic E-state index is 0.0480. The third-order valence-electron chi connectivity index (χ3n) is 4.24. The number of thiophene rings is 1. The minimum Gasteiger partial charge on any atom is -0.507 e. The molecule has 7 nitrogen and oxygen atoms in total. The molecule has 3 N–H and O–H groups in total. The lowest BCUT2D eigenvalue weighted by Crippen LogP contribution is -2.42. The minimum atomic E-state index is -0.698. The Balaban J connectivity index is 1.44. The number of hydrogen-bond donors (Lipinski definition) is 3. The molecule has 0 atom stereocenters. The zero-order chi connectivity index (χ0) is 19.4. The van der Waals surface area contributed by atoms with E-state index in [-0.39, 0.29) is 35.1 Å². The number of carbonyl (C=O) groups is 3. The molecule has 3 amide bonds. The second kappa shape index (κ2) is 8.41. The van der Waals surface area contributed by atoms with E-state index in [0.29, 0.717) is 13.1 Å². The van der Waals surface area contributed by atoms with E-state index in [1.54, 1.807) is 16.2 Å². The normalized spacial score (nSPS) is 13.0. The van der Waals surface area contributed by atoms with Crippen molar-refractivity contribution in [2.75, 3.05) is 6.54 Å². The Hall–Kier alpha value is -2.58. The quantitative estimate of drug-likeness (QED) is 0.677. The number of hydrazine groups is 1. The van der Waals surface area contributed by atoms with Crippen molar-refractivity contribution in [1.29, 1.82) is 0 Å². The third kappa shape index (κ3) is 4.78. The van der Waals surface area contributed by atoms with Crippen LogP contribution in [0, 0.1) is 0 Å². The zero-order valence-corrected chi connectivity index (χ0v) is 15.9. The monoisotopic (exact) mass is 407 g/mol. The lowest BCUT2D eigenvalue weighted by atomic mass is 10.1. The molecule has 0 spiro atoms. The number of fused-ring (bicyclic) bond motifs is 1. The van der Waals surface area contributed by atoms with Crippen LogP contribution in [-0.2, 0) is 22.6 Å². The molecule has 1 aliphatic heterocycles. The van der Waals surface area contributed by atoms with Crippen LogP contribution in [0.15, 0.2) is 29.6 Å². The molecule has 1 aliphatic rings. The van der Waals surface area contributed by atoms with Gasteiger partial charge >= 0.3 is 0 Å². The van der Waals surface area contributed by atoms with Gasteiger partial charge in [-0.1, -0.05) is 11.6 Å². The van der Waals surface area contributed by atoms with Crippen LogP contribution < -0.4 is 10.9 Å². The van der Waals surface area contributed by atoms with E-state index < -0.39 is 11.8 Å². The molecule has 2 heterocycles. The van der Waals surface area contributed by atoms with Gasteiger partial charge in [0.05, 0.1) is 5.56 Å². The van der Waals surface area contributed by atoms with Gasteiger partial charge in [-0.05, 0) is 41.6 Å². The van der Waals surface area contributed by atoms with Gasteiger partial charge in [0.25, 0.3) is 5.91 Å². The highest BCUT2D eigenvalue weighted by molar-refractivity contribution is 7.10. The second-order valence-corrected chi connectivity index (χ2v) is 7.54. The van der Waals surface area contributed by atoms with Gasteiger partial charge in [-0.3, -0.25) is 25.2 Å². The van der Waals surface area contributed by atoms with E-state index >= 15 is 0 Å². The number of rotatable bonds is 4. The Kier molecular flexibility index (Phi) is 5.98. The van der Waals surface area contributed by atoms with Crippen molar-refractivity contribution in [2.24, 2.45) is 0 Å². The van der Waals surface area contributed by atoms with E-state index in [9.17, 15) is 19.5 Å². The summed E-state index contributed by atoms with van der Waals surface area (Å²) in [6.07, 6.45) is 0.849. The fourth-order valence-electron chi connectivity index (χ4n) is 2.79. The first-order valence-corrected chi connectivity index (χ1v) is 9.60. The van der Waals surface area contributed by atoms with E-state index in [2.05, 4.69) is 10.9 Å². The van der Waals surface area contributed by atoms with Gasteiger partial charge in [-0.25, -0.2) is 0 Å². The maximum Gasteiger partial charge on any atom is 0.273 e. The van der Waals surface area contributed by atoms with Crippen molar-refractivity contribution in [3.63, 3.8) is 0 Å². The lowest BCUT2D eigenvalue weighted by Gasteiger charge is -2.27. The summed E-state index contributed by atoms with van der Waals surface area (Å²) in [6.45, 7) is 1.23. The van der Waals surface area contributed by atoms with Crippen molar-refractivity contribution in [3.05, 3.63) is 50.7 Å².